The van der Waals surface area contributed by atoms with Crippen LogP contribution in [0.4, 0.5) is 0 Å². The Bertz CT molecular complexity index is 408. The van der Waals surface area contributed by atoms with Crippen molar-refractivity contribution in [1.29, 1.82) is 0 Å². The van der Waals surface area contributed by atoms with Crippen molar-refractivity contribution < 1.29 is 9.53 Å². The summed E-state index contributed by atoms with van der Waals surface area (Å²) in [4.78, 5) is 17.2. The Morgan fingerprint density at radius 3 is 2.62 bits per heavy atom. The van der Waals surface area contributed by atoms with Gasteiger partial charge >= 0.3 is 0 Å². The van der Waals surface area contributed by atoms with Crippen LogP contribution in [0.2, 0.25) is 0 Å². The van der Waals surface area contributed by atoms with E-state index in [1.54, 1.807) is 0 Å². The molecule has 2 fully saturated rings. The molecule has 0 radical (unpaired) electrons. The van der Waals surface area contributed by atoms with E-state index in [1.165, 1.54) is 12.8 Å². The molecule has 0 aromatic carbocycles. The number of hydrogen-bond donors (Lipinski definition) is 2. The average Bonchev–Trinajstić information content (AvgIpc) is 2.83. The third-order valence-corrected chi connectivity index (χ3v) is 5.22. The highest BCUT2D eigenvalue weighted by atomic mass is 16.5. The molecule has 3 rings (SSSR count). The van der Waals surface area contributed by atoms with Crippen molar-refractivity contribution in [1.82, 2.24) is 10.6 Å². The molecule has 2 heterocycles. The third kappa shape index (κ3) is 3.14. The Kier molecular flexibility index (Phi) is 4.60. The van der Waals surface area contributed by atoms with Crippen molar-refractivity contribution in [3.05, 3.63) is 0 Å². The smallest absolute Gasteiger partial charge is 0.253 e. The highest BCUT2D eigenvalue weighted by molar-refractivity contribution is 6.09. The van der Waals surface area contributed by atoms with E-state index in [1.807, 2.05) is 6.92 Å². The van der Waals surface area contributed by atoms with Gasteiger partial charge in [-0.1, -0.05) is 0 Å². The summed E-state index contributed by atoms with van der Waals surface area (Å²) < 4.78 is 5.53. The Morgan fingerprint density at radius 1 is 1.24 bits per heavy atom. The zero-order valence-corrected chi connectivity index (χ0v) is 13.0. The van der Waals surface area contributed by atoms with Gasteiger partial charge < -0.3 is 15.4 Å². The lowest BCUT2D eigenvalue weighted by molar-refractivity contribution is -0.124. The molecular weight excluding hydrogens is 266 g/mol. The van der Waals surface area contributed by atoms with E-state index >= 15 is 0 Å². The molecule has 0 atom stereocenters. The van der Waals surface area contributed by atoms with Crippen molar-refractivity contribution in [3.63, 3.8) is 0 Å². The van der Waals surface area contributed by atoms with Crippen LogP contribution in [0.25, 0.3) is 0 Å². The summed E-state index contributed by atoms with van der Waals surface area (Å²) in [6.07, 6.45) is 6.31. The van der Waals surface area contributed by atoms with Crippen molar-refractivity contribution in [2.75, 3.05) is 26.3 Å². The number of piperidine rings is 1. The predicted octanol–water partition coefficient (Wildman–Crippen LogP) is 1.48. The van der Waals surface area contributed by atoms with Gasteiger partial charge in [-0.3, -0.25) is 9.79 Å². The van der Waals surface area contributed by atoms with Gasteiger partial charge in [0.1, 0.15) is 11.4 Å². The Morgan fingerprint density at radius 2 is 1.95 bits per heavy atom. The number of nitrogens with one attached hydrogen (secondary N) is 2. The van der Waals surface area contributed by atoms with Crippen molar-refractivity contribution in [2.24, 2.45) is 16.8 Å². The van der Waals surface area contributed by atoms with E-state index in [4.69, 9.17) is 9.73 Å². The first-order valence-electron chi connectivity index (χ1n) is 8.43. The van der Waals surface area contributed by atoms with Gasteiger partial charge in [-0.05, 0) is 64.5 Å². The predicted molar refractivity (Wildman–Crippen MR) is 82.4 cm³/mol. The molecule has 1 spiro atoms. The van der Waals surface area contributed by atoms with E-state index in [-0.39, 0.29) is 5.91 Å². The van der Waals surface area contributed by atoms with Crippen LogP contribution in [0.5, 0.6) is 0 Å². The number of carbonyl (C=O) groups is 1. The Balaban J connectivity index is 1.58. The molecule has 1 saturated heterocycles. The van der Waals surface area contributed by atoms with Crippen molar-refractivity contribution in [3.8, 4) is 0 Å². The highest BCUT2D eigenvalue weighted by Gasteiger charge is 2.45. The second kappa shape index (κ2) is 6.44. The van der Waals surface area contributed by atoms with Crippen LogP contribution in [0.1, 0.15) is 45.4 Å². The molecule has 1 amide bonds. The number of amidine groups is 1. The molecule has 21 heavy (non-hydrogen) atoms. The van der Waals surface area contributed by atoms with E-state index < -0.39 is 5.54 Å². The number of rotatable bonds is 4. The first-order chi connectivity index (χ1) is 10.2. The van der Waals surface area contributed by atoms with Gasteiger partial charge in [0.15, 0.2) is 0 Å². The second-order valence-corrected chi connectivity index (χ2v) is 6.61. The van der Waals surface area contributed by atoms with Crippen LogP contribution in [-0.2, 0) is 9.53 Å². The van der Waals surface area contributed by atoms with Gasteiger partial charge in [0.2, 0.25) is 0 Å². The monoisotopic (exact) mass is 293 g/mol. The minimum atomic E-state index is -0.456. The fourth-order valence-electron chi connectivity index (χ4n) is 3.80. The number of hydrogen-bond acceptors (Lipinski definition) is 4. The summed E-state index contributed by atoms with van der Waals surface area (Å²) in [5.74, 6) is 2.24. The standard InChI is InChI=1S/C16H27N3O2/c1-2-21-11-12-3-5-13(6-4-12)14-18-15(20)16(19-14)7-9-17-10-8-16/h12-13,17H,2-11H2,1H3,(H,18,19,20). The zero-order valence-electron chi connectivity index (χ0n) is 13.0. The SMILES string of the molecule is CCOCC1CCC(C2=NC3(CCNCC3)C(=O)N2)CC1. The maximum atomic E-state index is 12.3. The van der Waals surface area contributed by atoms with E-state index in [9.17, 15) is 4.79 Å². The van der Waals surface area contributed by atoms with Crippen molar-refractivity contribution in [2.45, 2.75) is 51.0 Å². The van der Waals surface area contributed by atoms with Crippen LogP contribution in [0.15, 0.2) is 4.99 Å². The lowest BCUT2D eigenvalue weighted by atomic mass is 9.82. The summed E-state index contributed by atoms with van der Waals surface area (Å²) in [6, 6.07) is 0. The zero-order chi connectivity index (χ0) is 14.7. The molecule has 5 heteroatoms. The fourth-order valence-corrected chi connectivity index (χ4v) is 3.80. The van der Waals surface area contributed by atoms with Crippen LogP contribution in [0.3, 0.4) is 0 Å². The number of amides is 1. The molecule has 5 nitrogen and oxygen atoms in total. The molecule has 0 bridgehead atoms. The van der Waals surface area contributed by atoms with Crippen molar-refractivity contribution >= 4 is 11.7 Å². The van der Waals surface area contributed by atoms with Gasteiger partial charge in [-0.15, -0.1) is 0 Å². The molecule has 118 valence electrons. The fraction of sp³-hybridized carbons (Fsp3) is 0.875. The van der Waals surface area contributed by atoms with E-state index in [0.717, 1.165) is 57.8 Å². The quantitative estimate of drug-likeness (QED) is 0.825. The minimum absolute atomic E-state index is 0.135. The van der Waals surface area contributed by atoms with Gasteiger partial charge in [-0.2, -0.15) is 0 Å². The topological polar surface area (TPSA) is 62.7 Å². The van der Waals surface area contributed by atoms with Crippen LogP contribution in [0, 0.1) is 11.8 Å². The summed E-state index contributed by atoms with van der Waals surface area (Å²) in [5.41, 5.74) is -0.456. The van der Waals surface area contributed by atoms with Gasteiger partial charge in [0.05, 0.1) is 0 Å². The van der Waals surface area contributed by atoms with Crippen LogP contribution < -0.4 is 10.6 Å². The summed E-state index contributed by atoms with van der Waals surface area (Å²) in [7, 11) is 0. The van der Waals surface area contributed by atoms with Gasteiger partial charge in [-0.25, -0.2) is 0 Å². The molecule has 2 N–H and O–H groups in total. The Hall–Kier alpha value is -0.940. The maximum Gasteiger partial charge on any atom is 0.253 e. The molecule has 3 aliphatic rings. The van der Waals surface area contributed by atoms with Gasteiger partial charge in [0, 0.05) is 19.1 Å². The van der Waals surface area contributed by atoms with E-state index in [0.29, 0.717) is 11.8 Å². The second-order valence-electron chi connectivity index (χ2n) is 6.61. The highest BCUT2D eigenvalue weighted by Crippen LogP contribution is 2.34. The number of aliphatic imine (C=N–C) groups is 1. The lowest BCUT2D eigenvalue weighted by Crippen LogP contribution is -2.47. The first-order valence-corrected chi connectivity index (χ1v) is 8.43. The summed E-state index contributed by atoms with van der Waals surface area (Å²) >= 11 is 0. The normalized spacial score (nSPS) is 32.0. The molecule has 0 aromatic rings. The third-order valence-electron chi connectivity index (χ3n) is 5.22. The van der Waals surface area contributed by atoms with Gasteiger partial charge in [0.25, 0.3) is 5.91 Å². The average molecular weight is 293 g/mol. The largest absolute Gasteiger partial charge is 0.381 e. The molecule has 1 aliphatic carbocycles. The summed E-state index contributed by atoms with van der Waals surface area (Å²) in [5, 5.41) is 6.41. The Labute approximate surface area is 126 Å². The number of ether oxygens (including phenoxy) is 1. The van der Waals surface area contributed by atoms with Crippen LogP contribution in [-0.4, -0.2) is 43.6 Å². The molecule has 0 aromatic heterocycles. The first kappa shape index (κ1) is 15.0. The van der Waals surface area contributed by atoms with E-state index in [2.05, 4.69) is 10.6 Å². The summed E-state index contributed by atoms with van der Waals surface area (Å²) in [6.45, 7) is 5.53. The minimum Gasteiger partial charge on any atom is -0.381 e. The lowest BCUT2D eigenvalue weighted by Gasteiger charge is -2.28. The molecule has 1 saturated carbocycles. The number of nitrogens with zero attached hydrogens (tertiary/aromatic N) is 1. The molecule has 2 aliphatic heterocycles. The molecular formula is C16H27N3O2. The maximum absolute atomic E-state index is 12.3. The van der Waals surface area contributed by atoms with Crippen LogP contribution >= 0.6 is 0 Å². The molecule has 0 unspecified atom stereocenters. The number of carbonyl (C=O) groups excluding carboxylic acids is 1.